The zero-order chi connectivity index (χ0) is 15.1. The number of hydrogen-bond acceptors (Lipinski definition) is 6. The molecule has 6 nitrogen and oxygen atoms in total. The summed E-state index contributed by atoms with van der Waals surface area (Å²) in [4.78, 5) is 18.1. The van der Waals surface area contributed by atoms with Gasteiger partial charge in [-0.05, 0) is 26.1 Å². The molecular formula is C14H24N4O2. The molecule has 0 fully saturated rings. The Labute approximate surface area is 120 Å². The lowest BCUT2D eigenvalue weighted by Crippen LogP contribution is -2.35. The molecule has 0 aromatic carbocycles. The standard InChI is InChI=1S/C14H24N4O2/c1-5-18(6-2)9-10(3)17-13-7-11(14(19)20-4)12(15)8-16-13/h7-8,10H,5-6,9,15H2,1-4H3,(H,16,17). The zero-order valence-corrected chi connectivity index (χ0v) is 12.6. The lowest BCUT2D eigenvalue weighted by atomic mass is 10.2. The number of aromatic nitrogens is 1. The predicted molar refractivity (Wildman–Crippen MR) is 80.9 cm³/mol. The molecule has 1 aromatic rings. The van der Waals surface area contributed by atoms with Gasteiger partial charge in [-0.3, -0.25) is 0 Å². The number of carbonyl (C=O) groups excluding carboxylic acids is 1. The fourth-order valence-corrected chi connectivity index (χ4v) is 2.00. The minimum Gasteiger partial charge on any atom is -0.465 e. The number of nitrogens with one attached hydrogen (secondary N) is 1. The van der Waals surface area contributed by atoms with E-state index in [2.05, 4.69) is 36.0 Å². The summed E-state index contributed by atoms with van der Waals surface area (Å²) in [5, 5.41) is 3.27. The maximum absolute atomic E-state index is 11.6. The van der Waals surface area contributed by atoms with Gasteiger partial charge < -0.3 is 20.7 Å². The van der Waals surface area contributed by atoms with Crippen LogP contribution < -0.4 is 11.1 Å². The summed E-state index contributed by atoms with van der Waals surface area (Å²) >= 11 is 0. The molecule has 0 saturated heterocycles. The van der Waals surface area contributed by atoms with Crippen molar-refractivity contribution in [3.05, 3.63) is 17.8 Å². The average molecular weight is 280 g/mol. The molecule has 0 bridgehead atoms. The Morgan fingerprint density at radius 2 is 2.15 bits per heavy atom. The summed E-state index contributed by atoms with van der Waals surface area (Å²) in [6.45, 7) is 9.26. The minimum absolute atomic E-state index is 0.219. The normalized spacial score (nSPS) is 12.2. The highest BCUT2D eigenvalue weighted by Crippen LogP contribution is 2.16. The summed E-state index contributed by atoms with van der Waals surface area (Å²) in [6, 6.07) is 1.84. The van der Waals surface area contributed by atoms with Crippen LogP contribution in [0.4, 0.5) is 11.5 Å². The lowest BCUT2D eigenvalue weighted by molar-refractivity contribution is 0.0602. The van der Waals surface area contributed by atoms with Crippen molar-refractivity contribution in [2.24, 2.45) is 0 Å². The quantitative estimate of drug-likeness (QED) is 0.738. The van der Waals surface area contributed by atoms with E-state index in [0.717, 1.165) is 19.6 Å². The molecule has 6 heteroatoms. The number of nitrogen functional groups attached to an aromatic ring is 1. The second kappa shape index (κ2) is 7.69. The van der Waals surface area contributed by atoms with E-state index < -0.39 is 5.97 Å². The monoisotopic (exact) mass is 280 g/mol. The van der Waals surface area contributed by atoms with Crippen LogP contribution in [0.15, 0.2) is 12.3 Å². The highest BCUT2D eigenvalue weighted by Gasteiger charge is 2.13. The van der Waals surface area contributed by atoms with Crippen molar-refractivity contribution < 1.29 is 9.53 Å². The molecule has 1 unspecified atom stereocenters. The van der Waals surface area contributed by atoms with Crippen molar-refractivity contribution >= 4 is 17.5 Å². The Bertz CT molecular complexity index is 447. The van der Waals surface area contributed by atoms with Crippen molar-refractivity contribution in [1.82, 2.24) is 9.88 Å². The number of methoxy groups -OCH3 is 1. The van der Waals surface area contributed by atoms with Gasteiger partial charge in [0.25, 0.3) is 0 Å². The van der Waals surface area contributed by atoms with Gasteiger partial charge in [0.1, 0.15) is 5.82 Å². The van der Waals surface area contributed by atoms with Crippen molar-refractivity contribution in [2.75, 3.05) is 37.8 Å². The number of ether oxygens (including phenoxy) is 1. The van der Waals surface area contributed by atoms with E-state index in [1.54, 1.807) is 6.07 Å². The van der Waals surface area contributed by atoms with E-state index in [1.165, 1.54) is 13.3 Å². The number of rotatable bonds is 7. The van der Waals surface area contributed by atoms with Crippen LogP contribution >= 0.6 is 0 Å². The first kappa shape index (κ1) is 16.2. The largest absolute Gasteiger partial charge is 0.465 e. The summed E-state index contributed by atoms with van der Waals surface area (Å²) in [6.07, 6.45) is 1.47. The molecule has 0 spiro atoms. The number of pyridine rings is 1. The van der Waals surface area contributed by atoms with E-state index in [4.69, 9.17) is 10.5 Å². The van der Waals surface area contributed by atoms with Crippen molar-refractivity contribution in [2.45, 2.75) is 26.8 Å². The van der Waals surface area contributed by atoms with E-state index in [9.17, 15) is 4.79 Å². The summed E-state index contributed by atoms with van der Waals surface area (Å²) in [5.74, 6) is 0.170. The third kappa shape index (κ3) is 4.38. The van der Waals surface area contributed by atoms with Gasteiger partial charge in [-0.2, -0.15) is 0 Å². The van der Waals surface area contributed by atoms with Gasteiger partial charge >= 0.3 is 5.97 Å². The molecule has 0 saturated carbocycles. The van der Waals surface area contributed by atoms with Crippen LogP contribution in [-0.4, -0.2) is 48.6 Å². The van der Waals surface area contributed by atoms with Crippen LogP contribution in [0.3, 0.4) is 0 Å². The molecule has 0 radical (unpaired) electrons. The third-order valence-electron chi connectivity index (χ3n) is 3.16. The molecule has 1 aromatic heterocycles. The first-order valence-electron chi connectivity index (χ1n) is 6.84. The zero-order valence-electron chi connectivity index (χ0n) is 12.6. The van der Waals surface area contributed by atoms with Crippen LogP contribution in [0.25, 0.3) is 0 Å². The van der Waals surface area contributed by atoms with Crippen LogP contribution in [0.1, 0.15) is 31.1 Å². The number of hydrogen-bond donors (Lipinski definition) is 2. The lowest BCUT2D eigenvalue weighted by Gasteiger charge is -2.23. The predicted octanol–water partition coefficient (Wildman–Crippen LogP) is 1.59. The molecule has 0 amide bonds. The van der Waals surface area contributed by atoms with Gasteiger partial charge in [-0.15, -0.1) is 0 Å². The molecule has 0 aliphatic rings. The molecule has 1 atom stereocenters. The third-order valence-corrected chi connectivity index (χ3v) is 3.16. The van der Waals surface area contributed by atoms with Gasteiger partial charge in [-0.1, -0.05) is 13.8 Å². The molecule has 1 rings (SSSR count). The van der Waals surface area contributed by atoms with E-state index >= 15 is 0 Å². The summed E-state index contributed by atoms with van der Waals surface area (Å²) < 4.78 is 4.69. The average Bonchev–Trinajstić information content (AvgIpc) is 2.45. The molecule has 0 aliphatic heterocycles. The number of anilines is 2. The molecule has 3 N–H and O–H groups in total. The van der Waals surface area contributed by atoms with Gasteiger partial charge in [0.05, 0.1) is 24.6 Å². The Hall–Kier alpha value is -1.82. The van der Waals surface area contributed by atoms with Crippen molar-refractivity contribution in [3.63, 3.8) is 0 Å². The van der Waals surface area contributed by atoms with Crippen LogP contribution in [0.2, 0.25) is 0 Å². The summed E-state index contributed by atoms with van der Waals surface area (Å²) in [7, 11) is 1.33. The highest BCUT2D eigenvalue weighted by molar-refractivity contribution is 5.95. The smallest absolute Gasteiger partial charge is 0.340 e. The second-order valence-corrected chi connectivity index (χ2v) is 4.68. The molecule has 20 heavy (non-hydrogen) atoms. The number of likely N-dealkylation sites (N-methyl/N-ethyl adjacent to an activating group) is 1. The molecule has 112 valence electrons. The topological polar surface area (TPSA) is 80.5 Å². The van der Waals surface area contributed by atoms with Crippen LogP contribution in [0, 0.1) is 0 Å². The van der Waals surface area contributed by atoms with Gasteiger partial charge in [0.15, 0.2) is 0 Å². The first-order valence-corrected chi connectivity index (χ1v) is 6.84. The van der Waals surface area contributed by atoms with Gasteiger partial charge in [-0.25, -0.2) is 9.78 Å². The van der Waals surface area contributed by atoms with Gasteiger partial charge in [0.2, 0.25) is 0 Å². The Morgan fingerprint density at radius 1 is 1.50 bits per heavy atom. The molecule has 1 heterocycles. The van der Waals surface area contributed by atoms with E-state index in [0.29, 0.717) is 17.1 Å². The number of esters is 1. The van der Waals surface area contributed by atoms with E-state index in [-0.39, 0.29) is 6.04 Å². The van der Waals surface area contributed by atoms with Crippen molar-refractivity contribution in [3.8, 4) is 0 Å². The first-order chi connectivity index (χ1) is 9.51. The molecular weight excluding hydrogens is 256 g/mol. The highest BCUT2D eigenvalue weighted by atomic mass is 16.5. The summed E-state index contributed by atoms with van der Waals surface area (Å²) in [5.41, 5.74) is 6.37. The Kier molecular flexibility index (Phi) is 6.24. The number of carbonyl (C=O) groups is 1. The van der Waals surface area contributed by atoms with E-state index in [1.807, 2.05) is 0 Å². The SMILES string of the molecule is CCN(CC)CC(C)Nc1cc(C(=O)OC)c(N)cn1. The fraction of sp³-hybridized carbons (Fsp3) is 0.571. The maximum atomic E-state index is 11.6. The minimum atomic E-state index is -0.454. The Balaban J connectivity index is 2.75. The van der Waals surface area contributed by atoms with Crippen molar-refractivity contribution in [1.29, 1.82) is 0 Å². The van der Waals surface area contributed by atoms with Crippen LogP contribution in [-0.2, 0) is 4.74 Å². The number of nitrogens with two attached hydrogens (primary N) is 1. The fourth-order valence-electron chi connectivity index (χ4n) is 2.00. The molecule has 0 aliphatic carbocycles. The maximum Gasteiger partial charge on any atom is 0.340 e. The number of nitrogens with zero attached hydrogens (tertiary/aromatic N) is 2. The second-order valence-electron chi connectivity index (χ2n) is 4.68. The Morgan fingerprint density at radius 3 is 2.70 bits per heavy atom. The van der Waals surface area contributed by atoms with Crippen LogP contribution in [0.5, 0.6) is 0 Å². The van der Waals surface area contributed by atoms with Gasteiger partial charge in [0, 0.05) is 12.6 Å².